The topological polar surface area (TPSA) is 82.0 Å². The summed E-state index contributed by atoms with van der Waals surface area (Å²) in [5.74, 6) is 0.586. The van der Waals surface area contributed by atoms with Crippen LogP contribution < -0.4 is 0 Å². The van der Waals surface area contributed by atoms with E-state index >= 15 is 0 Å². The molecule has 0 spiro atoms. The van der Waals surface area contributed by atoms with E-state index in [1.807, 2.05) is 18.2 Å². The van der Waals surface area contributed by atoms with Gasteiger partial charge in [0.25, 0.3) is 5.91 Å². The Morgan fingerprint density at radius 3 is 2.86 bits per heavy atom. The zero-order chi connectivity index (χ0) is 20.4. The lowest BCUT2D eigenvalue weighted by atomic mass is 10.1. The van der Waals surface area contributed by atoms with Gasteiger partial charge in [0.2, 0.25) is 5.17 Å². The van der Waals surface area contributed by atoms with E-state index < -0.39 is 5.91 Å². The molecule has 0 fully saturated rings. The summed E-state index contributed by atoms with van der Waals surface area (Å²) in [6, 6.07) is 10.9. The predicted molar refractivity (Wildman–Crippen MR) is 118 cm³/mol. The third-order valence-electron chi connectivity index (χ3n) is 4.54. The van der Waals surface area contributed by atoms with E-state index in [1.165, 1.54) is 22.8 Å². The molecule has 1 aromatic carbocycles. The van der Waals surface area contributed by atoms with Crippen LogP contribution >= 0.6 is 23.4 Å². The smallest absolute Gasteiger partial charge is 0.283 e. The zero-order valence-electron chi connectivity index (χ0n) is 15.8. The van der Waals surface area contributed by atoms with E-state index in [2.05, 4.69) is 17.0 Å². The van der Waals surface area contributed by atoms with E-state index in [0.29, 0.717) is 21.7 Å². The number of rotatable bonds is 6. The van der Waals surface area contributed by atoms with Crippen LogP contribution in [0.5, 0.6) is 0 Å². The van der Waals surface area contributed by atoms with Crippen LogP contribution in [-0.2, 0) is 4.79 Å². The van der Waals surface area contributed by atoms with Gasteiger partial charge in [-0.3, -0.25) is 10.2 Å². The first-order valence-corrected chi connectivity index (χ1v) is 10.6. The molecule has 6 nitrogen and oxygen atoms in total. The van der Waals surface area contributed by atoms with Crippen LogP contribution in [0.4, 0.5) is 0 Å². The van der Waals surface area contributed by atoms with Crippen molar-refractivity contribution in [2.75, 3.05) is 0 Å². The number of fused-ring (bicyclic) bond motifs is 1. The maximum Gasteiger partial charge on any atom is 0.283 e. The third kappa shape index (κ3) is 4.06. The average Bonchev–Trinajstić information content (AvgIpc) is 3.33. The van der Waals surface area contributed by atoms with Crippen molar-refractivity contribution in [3.05, 3.63) is 52.8 Å². The van der Waals surface area contributed by atoms with Crippen molar-refractivity contribution in [2.45, 2.75) is 32.6 Å². The number of unbranched alkanes of at least 4 members (excludes halogenated alkanes) is 2. The first kappa shape index (κ1) is 19.7. The highest BCUT2D eigenvalue weighted by Crippen LogP contribution is 2.32. The lowest BCUT2D eigenvalue weighted by Crippen LogP contribution is -2.35. The number of halogens is 1. The van der Waals surface area contributed by atoms with Crippen molar-refractivity contribution >= 4 is 51.4 Å². The summed E-state index contributed by atoms with van der Waals surface area (Å²) >= 11 is 7.58. The van der Waals surface area contributed by atoms with E-state index in [-0.39, 0.29) is 11.4 Å². The molecule has 0 aliphatic carbocycles. The van der Waals surface area contributed by atoms with Gasteiger partial charge >= 0.3 is 0 Å². The van der Waals surface area contributed by atoms with Crippen LogP contribution in [0.1, 0.15) is 38.4 Å². The molecule has 0 radical (unpaired) electrons. The molecule has 8 heteroatoms. The van der Waals surface area contributed by atoms with Crippen molar-refractivity contribution in [1.29, 1.82) is 5.41 Å². The molecule has 29 heavy (non-hydrogen) atoms. The monoisotopic (exact) mass is 426 g/mol. The standard InChI is InChI=1S/C21H19ClN4O2S/c1-2-3-4-9-18-25-26-19(23)15(20(27)24-21(26)29-18)12-13-10-11-17(28-13)14-7-5-6-8-16(14)22/h5-8,10-12,23H,2-4,9H2,1H3/b15-12+,23-19?. The van der Waals surface area contributed by atoms with Crippen LogP contribution in [0.25, 0.3) is 17.4 Å². The van der Waals surface area contributed by atoms with E-state index in [4.69, 9.17) is 21.4 Å². The number of hydrogen-bond donors (Lipinski definition) is 1. The molecular formula is C21H19ClN4O2S. The van der Waals surface area contributed by atoms with E-state index in [1.54, 1.807) is 18.2 Å². The Kier molecular flexibility index (Phi) is 5.69. The van der Waals surface area contributed by atoms with Crippen LogP contribution in [-0.4, -0.2) is 27.0 Å². The van der Waals surface area contributed by atoms with Crippen LogP contribution in [0.3, 0.4) is 0 Å². The van der Waals surface area contributed by atoms with Crippen LogP contribution in [0, 0.1) is 5.41 Å². The van der Waals surface area contributed by atoms with Gasteiger partial charge in [-0.25, -0.2) is 0 Å². The molecule has 1 amide bonds. The lowest BCUT2D eigenvalue weighted by Gasteiger charge is -2.19. The molecule has 1 aromatic heterocycles. The number of nitrogens with one attached hydrogen (secondary N) is 1. The summed E-state index contributed by atoms with van der Waals surface area (Å²) in [6.07, 6.45) is 5.64. The number of carbonyl (C=O) groups is 1. The summed E-state index contributed by atoms with van der Waals surface area (Å²) < 4.78 is 5.83. The van der Waals surface area contributed by atoms with Gasteiger partial charge in [0.1, 0.15) is 16.6 Å². The summed E-state index contributed by atoms with van der Waals surface area (Å²) in [7, 11) is 0. The molecule has 148 valence electrons. The Morgan fingerprint density at radius 1 is 1.24 bits per heavy atom. The highest BCUT2D eigenvalue weighted by Gasteiger charge is 2.35. The molecule has 0 unspecified atom stereocenters. The molecule has 2 aliphatic heterocycles. The van der Waals surface area contributed by atoms with Gasteiger partial charge in [0.05, 0.1) is 10.6 Å². The SMILES string of the molecule is CCCCCC1=NN2C(=N)/C(=C\c3ccc(-c4ccccc4Cl)o3)C(=O)N=C2S1. The second-order valence-corrected chi connectivity index (χ2v) is 8.10. The number of hydrogen-bond acceptors (Lipinski definition) is 5. The number of furan rings is 1. The number of aliphatic imine (C=N–C) groups is 1. The number of amidine groups is 2. The largest absolute Gasteiger partial charge is 0.457 e. The molecule has 0 saturated heterocycles. The minimum Gasteiger partial charge on any atom is -0.457 e. The molecule has 0 atom stereocenters. The fourth-order valence-corrected chi connectivity index (χ4v) is 4.19. The fourth-order valence-electron chi connectivity index (χ4n) is 3.04. The number of carbonyl (C=O) groups excluding carboxylic acids is 1. The summed E-state index contributed by atoms with van der Waals surface area (Å²) in [6.45, 7) is 2.15. The summed E-state index contributed by atoms with van der Waals surface area (Å²) in [5.41, 5.74) is 0.911. The van der Waals surface area contributed by atoms with Crippen molar-refractivity contribution in [3.8, 4) is 11.3 Å². The Bertz CT molecular complexity index is 1070. The van der Waals surface area contributed by atoms with Crippen LogP contribution in [0.2, 0.25) is 5.02 Å². The maximum absolute atomic E-state index is 12.5. The Hall–Kier alpha value is -2.64. The van der Waals surface area contributed by atoms with E-state index in [9.17, 15) is 4.79 Å². The third-order valence-corrected chi connectivity index (χ3v) is 5.84. The van der Waals surface area contributed by atoms with Crippen molar-refractivity contribution in [2.24, 2.45) is 10.1 Å². The molecule has 2 aromatic rings. The number of benzene rings is 1. The molecule has 2 aliphatic rings. The van der Waals surface area contributed by atoms with Gasteiger partial charge in [-0.2, -0.15) is 15.1 Å². The van der Waals surface area contributed by atoms with E-state index in [0.717, 1.165) is 36.3 Å². The van der Waals surface area contributed by atoms with Crippen molar-refractivity contribution < 1.29 is 9.21 Å². The molecule has 0 saturated carbocycles. The fraction of sp³-hybridized carbons (Fsp3) is 0.238. The molecule has 4 rings (SSSR count). The molecular weight excluding hydrogens is 408 g/mol. The summed E-state index contributed by atoms with van der Waals surface area (Å²) in [5, 5.41) is 16.2. The summed E-state index contributed by atoms with van der Waals surface area (Å²) in [4.78, 5) is 16.6. The van der Waals surface area contributed by atoms with Crippen molar-refractivity contribution in [1.82, 2.24) is 5.01 Å². The number of thioether (sulfide) groups is 1. The zero-order valence-corrected chi connectivity index (χ0v) is 17.4. The van der Waals surface area contributed by atoms with Gasteiger partial charge in [-0.1, -0.05) is 43.5 Å². The van der Waals surface area contributed by atoms with Gasteiger partial charge < -0.3 is 4.42 Å². The van der Waals surface area contributed by atoms with Crippen molar-refractivity contribution in [3.63, 3.8) is 0 Å². The maximum atomic E-state index is 12.5. The first-order valence-electron chi connectivity index (χ1n) is 9.40. The van der Waals surface area contributed by atoms with Crippen LogP contribution in [0.15, 0.2) is 56.5 Å². The molecule has 1 N–H and O–H groups in total. The number of hydrazone groups is 1. The minimum absolute atomic E-state index is 0.00804. The highest BCUT2D eigenvalue weighted by molar-refractivity contribution is 8.26. The Morgan fingerprint density at radius 2 is 2.07 bits per heavy atom. The second-order valence-electron chi connectivity index (χ2n) is 6.65. The predicted octanol–water partition coefficient (Wildman–Crippen LogP) is 5.80. The van der Waals surface area contributed by atoms with Gasteiger partial charge in [-0.05, 0) is 54.9 Å². The average molecular weight is 427 g/mol. The lowest BCUT2D eigenvalue weighted by molar-refractivity contribution is -0.114. The molecule has 3 heterocycles. The first-order chi connectivity index (χ1) is 14.1. The number of amides is 1. The quantitative estimate of drug-likeness (QED) is 0.467. The Balaban J connectivity index is 1.57. The van der Waals surface area contributed by atoms with Gasteiger partial charge in [0.15, 0.2) is 5.84 Å². The number of nitrogens with zero attached hydrogens (tertiary/aromatic N) is 3. The Labute approximate surface area is 177 Å². The molecule has 0 bridgehead atoms. The highest BCUT2D eigenvalue weighted by atomic mass is 35.5. The van der Waals surface area contributed by atoms with Gasteiger partial charge in [0, 0.05) is 5.56 Å². The normalized spacial score (nSPS) is 17.6. The second kappa shape index (κ2) is 8.39. The minimum atomic E-state index is -0.463. The van der Waals surface area contributed by atoms with Gasteiger partial charge in [-0.15, -0.1) is 0 Å².